The second kappa shape index (κ2) is 9.39. The zero-order chi connectivity index (χ0) is 28.4. The minimum atomic E-state index is -2.74. The third kappa shape index (κ3) is 3.81. The zero-order valence-corrected chi connectivity index (χ0v) is 21.8. The first-order valence-corrected chi connectivity index (χ1v) is 12.9. The van der Waals surface area contributed by atoms with Gasteiger partial charge in [-0.15, -0.1) is 0 Å². The van der Waals surface area contributed by atoms with Crippen LogP contribution in [0.25, 0.3) is 11.1 Å². The van der Waals surface area contributed by atoms with Crippen molar-refractivity contribution in [1.29, 1.82) is 0 Å². The van der Waals surface area contributed by atoms with Crippen LogP contribution in [0.2, 0.25) is 0 Å². The van der Waals surface area contributed by atoms with Crippen molar-refractivity contribution < 1.29 is 38.9 Å². The molecule has 2 aromatic carbocycles. The molecule has 0 aromatic heterocycles. The molecule has 0 radical (unpaired) electrons. The van der Waals surface area contributed by atoms with Crippen LogP contribution in [0.1, 0.15) is 29.3 Å². The number of fused-ring (bicyclic) bond motifs is 3. The summed E-state index contributed by atoms with van der Waals surface area (Å²) in [5.41, 5.74) is 4.54. The number of aliphatic hydroxyl groups is 1. The second-order valence-corrected chi connectivity index (χ2v) is 10.7. The van der Waals surface area contributed by atoms with Crippen LogP contribution in [0.15, 0.2) is 36.4 Å². The Morgan fingerprint density at radius 3 is 2.49 bits per heavy atom. The molecule has 10 nitrogen and oxygen atoms in total. The van der Waals surface area contributed by atoms with Crippen molar-refractivity contribution >= 4 is 29.0 Å². The van der Waals surface area contributed by atoms with E-state index in [1.54, 1.807) is 26.2 Å². The Morgan fingerprint density at radius 2 is 1.85 bits per heavy atom. The zero-order valence-electron chi connectivity index (χ0n) is 21.8. The first kappa shape index (κ1) is 26.7. The minimum Gasteiger partial charge on any atom is -0.507 e. The number of rotatable bonds is 5. The fourth-order valence-corrected chi connectivity index (χ4v) is 6.80. The van der Waals surface area contributed by atoms with Gasteiger partial charge in [-0.1, -0.05) is 18.2 Å². The molecule has 1 amide bonds. The number of nitrogens with zero attached hydrogens (tertiary/aromatic N) is 1. The van der Waals surface area contributed by atoms with Crippen LogP contribution in [0.5, 0.6) is 11.5 Å². The lowest BCUT2D eigenvalue weighted by Crippen LogP contribution is -2.74. The van der Waals surface area contributed by atoms with Gasteiger partial charge in [-0.3, -0.25) is 28.9 Å². The van der Waals surface area contributed by atoms with E-state index in [-0.39, 0.29) is 24.2 Å². The Labute approximate surface area is 224 Å². The molecule has 5 rings (SSSR count). The van der Waals surface area contributed by atoms with Gasteiger partial charge in [0, 0.05) is 5.92 Å². The van der Waals surface area contributed by atoms with E-state index in [0.717, 1.165) is 5.56 Å². The molecular weight excluding hydrogens is 504 g/mol. The van der Waals surface area contributed by atoms with E-state index < -0.39 is 64.4 Å². The summed E-state index contributed by atoms with van der Waals surface area (Å²) in [5.74, 6) is -10.00. The monoisotopic (exact) mass is 534 g/mol. The standard InChI is InChI=1S/C29H30N2O8/c1-4-39-15-7-5-6-13(10-15)16-8-9-19(32)21-17(16)11-14-12-18-23(31(2)3)25(34)22(28(30)37)27(36)29(18,38)26(35)20(14)24(21)33/h5-10,14,18,20,22-23,32,38H,4,11-12H2,1-3H3,(H2,30,37)/t14-,18-,20?,22?,23-,29-/m0/s1. The van der Waals surface area contributed by atoms with Crippen molar-refractivity contribution in [3.05, 3.63) is 47.5 Å². The van der Waals surface area contributed by atoms with E-state index in [1.807, 2.05) is 25.1 Å². The molecule has 0 heterocycles. The predicted molar refractivity (Wildman–Crippen MR) is 138 cm³/mol. The molecule has 2 aromatic rings. The Kier molecular flexibility index (Phi) is 6.43. The van der Waals surface area contributed by atoms with Gasteiger partial charge in [0.15, 0.2) is 34.7 Å². The number of benzene rings is 2. The lowest BCUT2D eigenvalue weighted by atomic mass is 9.52. The number of ketones is 4. The van der Waals surface area contributed by atoms with Gasteiger partial charge in [-0.2, -0.15) is 0 Å². The van der Waals surface area contributed by atoms with Crippen LogP contribution in [0, 0.1) is 23.7 Å². The lowest BCUT2D eigenvalue weighted by molar-refractivity contribution is -0.181. The Bertz CT molecular complexity index is 1430. The first-order chi connectivity index (χ1) is 18.4. The van der Waals surface area contributed by atoms with Crippen molar-refractivity contribution in [3.63, 3.8) is 0 Å². The highest BCUT2D eigenvalue weighted by atomic mass is 16.5. The van der Waals surface area contributed by atoms with Crippen LogP contribution in [0.3, 0.4) is 0 Å². The van der Waals surface area contributed by atoms with E-state index in [0.29, 0.717) is 23.5 Å². The number of aromatic hydroxyl groups is 1. The van der Waals surface area contributed by atoms with Crippen LogP contribution >= 0.6 is 0 Å². The number of primary amides is 1. The maximum atomic E-state index is 13.9. The van der Waals surface area contributed by atoms with Gasteiger partial charge >= 0.3 is 0 Å². The number of ether oxygens (including phenoxy) is 1. The van der Waals surface area contributed by atoms with Crippen molar-refractivity contribution in [2.45, 2.75) is 31.4 Å². The van der Waals surface area contributed by atoms with E-state index in [1.165, 1.54) is 11.0 Å². The third-order valence-electron chi connectivity index (χ3n) is 8.40. The molecule has 2 fully saturated rings. The maximum absolute atomic E-state index is 13.9. The molecule has 0 spiro atoms. The number of likely N-dealkylation sites (N-methyl/N-ethyl adjacent to an activating group) is 1. The molecule has 2 unspecified atom stereocenters. The summed E-state index contributed by atoms with van der Waals surface area (Å²) < 4.78 is 5.62. The average molecular weight is 535 g/mol. The van der Waals surface area contributed by atoms with Crippen LogP contribution in [0.4, 0.5) is 0 Å². The second-order valence-electron chi connectivity index (χ2n) is 10.7. The maximum Gasteiger partial charge on any atom is 0.235 e. The van der Waals surface area contributed by atoms with Crippen molar-refractivity contribution in [2.24, 2.45) is 29.4 Å². The normalized spacial score (nSPS) is 30.0. The van der Waals surface area contributed by atoms with Crippen LogP contribution in [-0.4, -0.2) is 76.5 Å². The number of hydrogen-bond acceptors (Lipinski definition) is 9. The summed E-state index contributed by atoms with van der Waals surface area (Å²) in [6.07, 6.45) is 0.187. The molecule has 204 valence electrons. The first-order valence-electron chi connectivity index (χ1n) is 12.9. The highest BCUT2D eigenvalue weighted by molar-refractivity contribution is 6.32. The Morgan fingerprint density at radius 1 is 1.13 bits per heavy atom. The predicted octanol–water partition coefficient (Wildman–Crippen LogP) is 0.933. The Balaban J connectivity index is 1.64. The van der Waals surface area contributed by atoms with E-state index in [2.05, 4.69) is 0 Å². The largest absolute Gasteiger partial charge is 0.507 e. The molecule has 4 N–H and O–H groups in total. The van der Waals surface area contributed by atoms with E-state index >= 15 is 0 Å². The molecule has 3 aliphatic rings. The quantitative estimate of drug-likeness (QED) is 0.473. The summed E-state index contributed by atoms with van der Waals surface area (Å²) in [6, 6.07) is 9.22. The summed E-state index contributed by atoms with van der Waals surface area (Å²) in [6.45, 7) is 2.33. The minimum absolute atomic E-state index is 0.00201. The molecule has 10 heteroatoms. The fraction of sp³-hybridized carbons (Fsp3) is 0.414. The van der Waals surface area contributed by atoms with E-state index in [9.17, 15) is 34.2 Å². The number of carbonyl (C=O) groups is 5. The van der Waals surface area contributed by atoms with Gasteiger partial charge < -0.3 is 20.7 Å². The summed E-state index contributed by atoms with van der Waals surface area (Å²) in [7, 11) is 3.10. The highest BCUT2D eigenvalue weighted by Crippen LogP contribution is 2.51. The smallest absolute Gasteiger partial charge is 0.235 e. The van der Waals surface area contributed by atoms with Gasteiger partial charge in [0.25, 0.3) is 0 Å². The number of amides is 1. The highest BCUT2D eigenvalue weighted by Gasteiger charge is 2.69. The number of nitrogens with two attached hydrogens (primary N) is 1. The molecule has 0 saturated heterocycles. The lowest BCUT2D eigenvalue weighted by Gasteiger charge is -2.52. The van der Waals surface area contributed by atoms with Gasteiger partial charge in [-0.25, -0.2) is 0 Å². The van der Waals surface area contributed by atoms with Crippen LogP contribution < -0.4 is 10.5 Å². The fourth-order valence-electron chi connectivity index (χ4n) is 6.80. The number of Topliss-reactive ketones (excluding diaryl/α,β-unsaturated/α-hetero) is 4. The van der Waals surface area contributed by atoms with E-state index in [4.69, 9.17) is 10.5 Å². The SMILES string of the molecule is CCOc1cccc(-c2ccc(O)c3c2C[C@H]2C[C@H]4[C@H](N(C)C)C(=O)C(C(N)=O)C(=O)[C@@]4(O)C(=O)C2C3=O)c1. The van der Waals surface area contributed by atoms with Gasteiger partial charge in [-0.05, 0) is 74.7 Å². The summed E-state index contributed by atoms with van der Waals surface area (Å²) in [5, 5.41) is 22.4. The number of carbonyl (C=O) groups excluding carboxylic acids is 5. The van der Waals surface area contributed by atoms with Gasteiger partial charge in [0.2, 0.25) is 5.91 Å². The van der Waals surface area contributed by atoms with Crippen molar-refractivity contribution in [1.82, 2.24) is 4.90 Å². The number of phenols is 1. The third-order valence-corrected chi connectivity index (χ3v) is 8.40. The molecule has 0 bridgehead atoms. The van der Waals surface area contributed by atoms with Crippen molar-refractivity contribution in [2.75, 3.05) is 20.7 Å². The molecule has 3 aliphatic carbocycles. The molecule has 39 heavy (non-hydrogen) atoms. The van der Waals surface area contributed by atoms with Gasteiger partial charge in [0.05, 0.1) is 24.1 Å². The summed E-state index contributed by atoms with van der Waals surface area (Å²) >= 11 is 0. The summed E-state index contributed by atoms with van der Waals surface area (Å²) in [4.78, 5) is 67.9. The molecular formula is C29H30N2O8. The molecule has 2 saturated carbocycles. The number of hydrogen-bond donors (Lipinski definition) is 3. The topological polar surface area (TPSA) is 164 Å². The Hall–Kier alpha value is -3.89. The van der Waals surface area contributed by atoms with Crippen molar-refractivity contribution in [3.8, 4) is 22.6 Å². The molecule has 6 atom stereocenters. The average Bonchev–Trinajstić information content (AvgIpc) is 2.86. The molecule has 0 aliphatic heterocycles. The van der Waals surface area contributed by atoms with Crippen LogP contribution in [-0.2, 0) is 25.6 Å². The number of phenolic OH excluding ortho intramolecular Hbond substituents is 1. The van der Waals surface area contributed by atoms with Gasteiger partial charge in [0.1, 0.15) is 11.5 Å².